The van der Waals surface area contributed by atoms with Crippen LogP contribution in [-0.4, -0.2) is 4.83 Å². The van der Waals surface area contributed by atoms with Gasteiger partial charge in [0.2, 0.25) is 0 Å². The molecule has 0 saturated heterocycles. The monoisotopic (exact) mass is 366 g/mol. The van der Waals surface area contributed by atoms with E-state index in [1.165, 1.54) is 51.4 Å². The van der Waals surface area contributed by atoms with Gasteiger partial charge < -0.3 is 0 Å². The fourth-order valence-corrected chi connectivity index (χ4v) is 9.08. The van der Waals surface area contributed by atoms with Gasteiger partial charge >= 0.3 is 0 Å². The van der Waals surface area contributed by atoms with E-state index in [0.717, 1.165) is 34.4 Å². The lowest BCUT2D eigenvalue weighted by atomic mass is 9.45. The number of hydrogen-bond acceptors (Lipinski definition) is 0. The standard InChI is InChI=1S/C21H35Br/c1-4-14-9-11-17-16-10-8-15-6-5-7-19(22)21(15,3)18(16)12-13-20(14,17)2/h14-19H,4-13H2,1-3H3/t14-,15?,16-,17-,18-,19?,20+,21-/m0/s1. The Balaban J connectivity index is 1.65. The maximum Gasteiger partial charge on any atom is 0.0205 e. The molecular formula is C21H35Br. The van der Waals surface area contributed by atoms with Gasteiger partial charge in [-0.1, -0.05) is 49.5 Å². The highest BCUT2D eigenvalue weighted by Crippen LogP contribution is 2.68. The Morgan fingerprint density at radius 2 is 1.73 bits per heavy atom. The Morgan fingerprint density at radius 1 is 0.909 bits per heavy atom. The first kappa shape index (κ1) is 16.0. The van der Waals surface area contributed by atoms with Crippen LogP contribution in [0, 0.1) is 40.4 Å². The van der Waals surface area contributed by atoms with Gasteiger partial charge in [0.05, 0.1) is 0 Å². The van der Waals surface area contributed by atoms with Crippen LogP contribution in [0.5, 0.6) is 0 Å². The zero-order chi connectivity index (χ0) is 15.5. The molecule has 0 radical (unpaired) electrons. The molecular weight excluding hydrogens is 332 g/mol. The van der Waals surface area contributed by atoms with E-state index in [2.05, 4.69) is 36.7 Å². The minimum absolute atomic E-state index is 0.604. The van der Waals surface area contributed by atoms with Crippen LogP contribution < -0.4 is 0 Å². The Labute approximate surface area is 146 Å². The molecule has 22 heavy (non-hydrogen) atoms. The first-order valence-corrected chi connectivity index (χ1v) is 11.1. The third-order valence-corrected chi connectivity index (χ3v) is 10.8. The van der Waals surface area contributed by atoms with Gasteiger partial charge in [-0.2, -0.15) is 0 Å². The maximum absolute atomic E-state index is 4.16. The van der Waals surface area contributed by atoms with Crippen molar-refractivity contribution in [1.29, 1.82) is 0 Å². The van der Waals surface area contributed by atoms with Gasteiger partial charge in [0.25, 0.3) is 0 Å². The number of alkyl halides is 1. The van der Waals surface area contributed by atoms with Gasteiger partial charge in [-0.3, -0.25) is 0 Å². The topological polar surface area (TPSA) is 0 Å². The molecule has 0 aromatic heterocycles. The highest BCUT2D eigenvalue weighted by Gasteiger charge is 2.60. The van der Waals surface area contributed by atoms with Crippen LogP contribution in [-0.2, 0) is 0 Å². The molecule has 4 rings (SSSR count). The molecule has 0 aromatic carbocycles. The average molecular weight is 367 g/mol. The summed E-state index contributed by atoms with van der Waals surface area (Å²) in [5.41, 5.74) is 1.29. The van der Waals surface area contributed by atoms with Crippen molar-refractivity contribution < 1.29 is 0 Å². The van der Waals surface area contributed by atoms with Crippen molar-refractivity contribution in [2.45, 2.75) is 89.8 Å². The summed E-state index contributed by atoms with van der Waals surface area (Å²) in [6.07, 6.45) is 15.0. The molecule has 0 N–H and O–H groups in total. The normalized spacial score (nSPS) is 57.8. The molecule has 4 saturated carbocycles. The molecule has 8 atom stereocenters. The molecule has 0 amide bonds. The quantitative estimate of drug-likeness (QED) is 0.446. The largest absolute Gasteiger partial charge is 0.0885 e. The van der Waals surface area contributed by atoms with E-state index < -0.39 is 0 Å². The number of fused-ring (bicyclic) bond motifs is 5. The van der Waals surface area contributed by atoms with Crippen molar-refractivity contribution in [2.75, 3.05) is 0 Å². The number of hydrogen-bond donors (Lipinski definition) is 0. The maximum atomic E-state index is 4.16. The van der Waals surface area contributed by atoms with Crippen LogP contribution in [0.2, 0.25) is 0 Å². The molecule has 0 spiro atoms. The summed E-state index contributed by atoms with van der Waals surface area (Å²) in [5.74, 6) is 5.16. The fourth-order valence-electron chi connectivity index (χ4n) is 8.05. The van der Waals surface area contributed by atoms with E-state index in [1.54, 1.807) is 12.8 Å². The average Bonchev–Trinajstić information content (AvgIpc) is 2.85. The van der Waals surface area contributed by atoms with Gasteiger partial charge in [0.15, 0.2) is 0 Å². The lowest BCUT2D eigenvalue weighted by Gasteiger charge is -2.62. The zero-order valence-corrected chi connectivity index (χ0v) is 16.5. The van der Waals surface area contributed by atoms with Gasteiger partial charge in [0.1, 0.15) is 0 Å². The third-order valence-electron chi connectivity index (χ3n) is 9.34. The predicted octanol–water partition coefficient (Wildman–Crippen LogP) is 6.82. The van der Waals surface area contributed by atoms with Crippen molar-refractivity contribution >= 4 is 15.9 Å². The molecule has 0 bridgehead atoms. The first-order chi connectivity index (χ1) is 10.5. The Bertz CT molecular complexity index is 432. The number of halogens is 1. The van der Waals surface area contributed by atoms with Crippen LogP contribution in [0.15, 0.2) is 0 Å². The van der Waals surface area contributed by atoms with E-state index in [1.807, 2.05) is 0 Å². The van der Waals surface area contributed by atoms with Crippen LogP contribution >= 0.6 is 15.9 Å². The zero-order valence-electron chi connectivity index (χ0n) is 14.9. The number of rotatable bonds is 1. The molecule has 0 nitrogen and oxygen atoms in total. The van der Waals surface area contributed by atoms with Gasteiger partial charge in [-0.05, 0) is 91.8 Å². The summed E-state index contributed by atoms with van der Waals surface area (Å²) < 4.78 is 0. The van der Waals surface area contributed by atoms with Crippen molar-refractivity contribution in [2.24, 2.45) is 40.4 Å². The van der Waals surface area contributed by atoms with E-state index in [0.29, 0.717) is 10.8 Å². The highest BCUT2D eigenvalue weighted by molar-refractivity contribution is 9.09. The van der Waals surface area contributed by atoms with Crippen molar-refractivity contribution in [1.82, 2.24) is 0 Å². The molecule has 126 valence electrons. The molecule has 4 aliphatic rings. The van der Waals surface area contributed by atoms with Crippen molar-refractivity contribution in [3.05, 3.63) is 0 Å². The summed E-state index contributed by atoms with van der Waals surface area (Å²) in [6.45, 7) is 7.80. The van der Waals surface area contributed by atoms with E-state index in [9.17, 15) is 0 Å². The van der Waals surface area contributed by atoms with Crippen molar-refractivity contribution in [3.8, 4) is 0 Å². The molecule has 0 aromatic rings. The minimum Gasteiger partial charge on any atom is -0.0885 e. The van der Waals surface area contributed by atoms with Gasteiger partial charge in [0, 0.05) is 4.83 Å². The fraction of sp³-hybridized carbons (Fsp3) is 1.00. The minimum atomic E-state index is 0.604. The summed E-state index contributed by atoms with van der Waals surface area (Å²) >= 11 is 4.16. The van der Waals surface area contributed by atoms with Gasteiger partial charge in [-0.25, -0.2) is 0 Å². The summed E-state index contributed by atoms with van der Waals surface area (Å²) in [5, 5.41) is 0. The Morgan fingerprint density at radius 3 is 2.50 bits per heavy atom. The van der Waals surface area contributed by atoms with Crippen LogP contribution in [0.1, 0.15) is 85.0 Å². The van der Waals surface area contributed by atoms with Crippen LogP contribution in [0.25, 0.3) is 0 Å². The van der Waals surface area contributed by atoms with Crippen LogP contribution in [0.3, 0.4) is 0 Å². The second kappa shape index (κ2) is 5.50. The second-order valence-corrected chi connectivity index (χ2v) is 10.7. The summed E-state index contributed by atoms with van der Waals surface area (Å²) in [6, 6.07) is 0. The second-order valence-electron chi connectivity index (χ2n) is 9.64. The van der Waals surface area contributed by atoms with E-state index in [-0.39, 0.29) is 0 Å². The van der Waals surface area contributed by atoms with E-state index in [4.69, 9.17) is 0 Å². The van der Waals surface area contributed by atoms with E-state index >= 15 is 0 Å². The third kappa shape index (κ3) is 1.99. The lowest BCUT2D eigenvalue weighted by molar-refractivity contribution is -0.106. The van der Waals surface area contributed by atoms with Gasteiger partial charge in [-0.15, -0.1) is 0 Å². The lowest BCUT2D eigenvalue weighted by Crippen LogP contribution is -2.56. The van der Waals surface area contributed by atoms with Crippen LogP contribution in [0.4, 0.5) is 0 Å². The molecule has 1 heteroatoms. The predicted molar refractivity (Wildman–Crippen MR) is 98.2 cm³/mol. The smallest absolute Gasteiger partial charge is 0.0205 e. The molecule has 0 heterocycles. The molecule has 4 aliphatic carbocycles. The molecule has 0 aliphatic heterocycles. The van der Waals surface area contributed by atoms with Crippen molar-refractivity contribution in [3.63, 3.8) is 0 Å². The Hall–Kier alpha value is 0.480. The summed E-state index contributed by atoms with van der Waals surface area (Å²) in [4.78, 5) is 0.791. The summed E-state index contributed by atoms with van der Waals surface area (Å²) in [7, 11) is 0. The SMILES string of the molecule is CC[C@H]1CC[C@H]2[C@@H]3CCC4CCCC(Br)[C@]4(C)[C@H]3CC[C@]12C. The highest BCUT2D eigenvalue weighted by atomic mass is 79.9. The molecule has 4 fully saturated rings. The Kier molecular flexibility index (Phi) is 3.99. The first-order valence-electron chi connectivity index (χ1n) is 10.2. The molecule has 2 unspecified atom stereocenters.